The molecule has 0 radical (unpaired) electrons. The number of likely N-dealkylation sites (tertiary alicyclic amines) is 1. The van der Waals surface area contributed by atoms with Crippen molar-refractivity contribution in [3.05, 3.63) is 47.6 Å². The smallest absolute Gasteiger partial charge is 0.280 e. The van der Waals surface area contributed by atoms with Gasteiger partial charge in [0.25, 0.3) is 5.91 Å². The lowest BCUT2D eigenvalue weighted by Gasteiger charge is -2.28. The molecule has 1 amide bonds. The minimum Gasteiger partial charge on any atom is -0.477 e. The van der Waals surface area contributed by atoms with Crippen LogP contribution in [0.5, 0.6) is 5.88 Å². The predicted molar refractivity (Wildman–Crippen MR) is 149 cm³/mol. The van der Waals surface area contributed by atoms with Crippen LogP contribution >= 0.6 is 11.3 Å². The number of rotatable bonds is 12. The standard InChI is InChI=1S/C26H33N7O4S2/c1-2-37-24-17-27-15-22(30-24)23-16-29-26(38-23)25(34)31-20(9-13-33-11-4-3-5-12-33)21-14-18(8-10-28-21)32-39(35,36)19-6-7-19/h8,10,14-17,19-20H,2-7,9,11-13H2,1H3,(H,28,32)(H,31,34). The Hall–Kier alpha value is -3.16. The van der Waals surface area contributed by atoms with E-state index in [0.717, 1.165) is 19.6 Å². The van der Waals surface area contributed by atoms with Gasteiger partial charge in [-0.2, -0.15) is 0 Å². The van der Waals surface area contributed by atoms with Crippen molar-refractivity contribution in [2.75, 3.05) is 31.0 Å². The number of amides is 1. The molecule has 208 valence electrons. The monoisotopic (exact) mass is 571 g/mol. The summed E-state index contributed by atoms with van der Waals surface area (Å²) in [7, 11) is -3.41. The van der Waals surface area contributed by atoms with E-state index in [1.807, 2.05) is 6.92 Å². The summed E-state index contributed by atoms with van der Waals surface area (Å²) in [5.74, 6) is 0.0880. The Labute approximate surface area is 232 Å². The van der Waals surface area contributed by atoms with E-state index in [1.54, 1.807) is 36.9 Å². The Morgan fingerprint density at radius 3 is 2.77 bits per heavy atom. The summed E-state index contributed by atoms with van der Waals surface area (Å²) >= 11 is 1.22. The van der Waals surface area contributed by atoms with Gasteiger partial charge in [-0.15, -0.1) is 11.3 Å². The van der Waals surface area contributed by atoms with E-state index in [1.165, 1.54) is 30.6 Å². The summed E-state index contributed by atoms with van der Waals surface area (Å²) in [6.07, 6.45) is 11.9. The van der Waals surface area contributed by atoms with Crippen molar-refractivity contribution in [1.29, 1.82) is 0 Å². The maximum Gasteiger partial charge on any atom is 0.280 e. The zero-order chi connectivity index (χ0) is 27.2. The molecule has 5 rings (SSSR count). The van der Waals surface area contributed by atoms with Crippen molar-refractivity contribution >= 4 is 33.0 Å². The Balaban J connectivity index is 1.33. The van der Waals surface area contributed by atoms with Crippen molar-refractivity contribution in [3.63, 3.8) is 0 Å². The fourth-order valence-electron chi connectivity index (χ4n) is 4.52. The second kappa shape index (κ2) is 12.3. The molecule has 3 aromatic rings. The number of carbonyl (C=O) groups is 1. The van der Waals surface area contributed by atoms with Gasteiger partial charge in [0, 0.05) is 18.9 Å². The first-order valence-corrected chi connectivity index (χ1v) is 15.7. The molecule has 39 heavy (non-hydrogen) atoms. The number of ether oxygens (including phenoxy) is 1. The van der Waals surface area contributed by atoms with Gasteiger partial charge in [-0.1, -0.05) is 6.42 Å². The third-order valence-electron chi connectivity index (χ3n) is 6.71. The highest BCUT2D eigenvalue weighted by Gasteiger charge is 2.35. The highest BCUT2D eigenvalue weighted by Crippen LogP contribution is 2.31. The zero-order valence-corrected chi connectivity index (χ0v) is 23.5. The number of aromatic nitrogens is 4. The van der Waals surface area contributed by atoms with Crippen LogP contribution in [-0.2, 0) is 10.0 Å². The molecule has 2 fully saturated rings. The van der Waals surface area contributed by atoms with Gasteiger partial charge < -0.3 is 15.0 Å². The number of nitrogens with one attached hydrogen (secondary N) is 2. The minimum atomic E-state index is -3.41. The van der Waals surface area contributed by atoms with E-state index < -0.39 is 16.1 Å². The molecular weight excluding hydrogens is 538 g/mol. The quantitative estimate of drug-likeness (QED) is 0.333. The molecule has 1 saturated carbocycles. The lowest BCUT2D eigenvalue weighted by Crippen LogP contribution is -2.35. The second-order valence-corrected chi connectivity index (χ2v) is 12.7. The lowest BCUT2D eigenvalue weighted by atomic mass is 10.1. The molecule has 11 nitrogen and oxygen atoms in total. The fourth-order valence-corrected chi connectivity index (χ4v) is 6.67. The number of anilines is 1. The van der Waals surface area contributed by atoms with Gasteiger partial charge in [-0.3, -0.25) is 19.5 Å². The zero-order valence-electron chi connectivity index (χ0n) is 21.9. The predicted octanol–water partition coefficient (Wildman–Crippen LogP) is 3.65. The summed E-state index contributed by atoms with van der Waals surface area (Å²) in [6.45, 7) is 5.22. The summed E-state index contributed by atoms with van der Waals surface area (Å²) in [6, 6.07) is 2.93. The summed E-state index contributed by atoms with van der Waals surface area (Å²) < 4.78 is 33.1. The minimum absolute atomic E-state index is 0.294. The first-order valence-electron chi connectivity index (χ1n) is 13.3. The third-order valence-corrected chi connectivity index (χ3v) is 9.59. The topological polar surface area (TPSA) is 139 Å². The molecule has 1 saturated heterocycles. The molecule has 1 aliphatic heterocycles. The molecular formula is C26H33N7O4S2. The number of thiazole rings is 1. The van der Waals surface area contributed by atoms with Crippen molar-refractivity contribution < 1.29 is 17.9 Å². The fraction of sp³-hybridized carbons (Fsp3) is 0.500. The second-order valence-electron chi connectivity index (χ2n) is 9.74. The molecule has 2 N–H and O–H groups in total. The average molecular weight is 572 g/mol. The Kier molecular flexibility index (Phi) is 8.68. The van der Waals surface area contributed by atoms with Crippen molar-refractivity contribution in [1.82, 2.24) is 30.2 Å². The molecule has 0 bridgehead atoms. The number of piperidine rings is 1. The lowest BCUT2D eigenvalue weighted by molar-refractivity contribution is 0.0928. The van der Waals surface area contributed by atoms with E-state index in [-0.39, 0.29) is 11.2 Å². The van der Waals surface area contributed by atoms with E-state index in [2.05, 4.69) is 34.9 Å². The maximum atomic E-state index is 13.3. The molecule has 2 aliphatic rings. The van der Waals surface area contributed by atoms with E-state index in [0.29, 0.717) is 58.7 Å². The summed E-state index contributed by atoms with van der Waals surface area (Å²) in [4.78, 5) is 33.9. The maximum absolute atomic E-state index is 13.3. The van der Waals surface area contributed by atoms with Crippen LogP contribution in [0.15, 0.2) is 36.9 Å². The number of hydrogen-bond acceptors (Lipinski definition) is 10. The SMILES string of the molecule is CCOc1cncc(-c2cnc(C(=O)NC(CCN3CCCCC3)c3cc(NS(=O)(=O)C4CC4)ccn3)s2)n1. The largest absolute Gasteiger partial charge is 0.477 e. The van der Waals surface area contributed by atoms with Crippen molar-refractivity contribution in [2.45, 2.75) is 56.7 Å². The molecule has 3 aromatic heterocycles. The van der Waals surface area contributed by atoms with Gasteiger partial charge in [-0.25, -0.2) is 18.4 Å². The number of carbonyl (C=O) groups excluding carboxylic acids is 1. The molecule has 1 aliphatic carbocycles. The van der Waals surface area contributed by atoms with Gasteiger partial charge in [0.2, 0.25) is 15.9 Å². The van der Waals surface area contributed by atoms with E-state index in [4.69, 9.17) is 4.74 Å². The van der Waals surface area contributed by atoms with Crippen LogP contribution in [-0.4, -0.2) is 70.7 Å². The van der Waals surface area contributed by atoms with Crippen LogP contribution in [0.4, 0.5) is 5.69 Å². The van der Waals surface area contributed by atoms with Gasteiger partial charge in [0.05, 0.1) is 46.6 Å². The third kappa shape index (κ3) is 7.28. The normalized spacial score (nSPS) is 16.9. The Morgan fingerprint density at radius 1 is 1.18 bits per heavy atom. The summed E-state index contributed by atoms with van der Waals surface area (Å²) in [5.41, 5.74) is 1.63. The van der Waals surface area contributed by atoms with Crippen LogP contribution in [0, 0.1) is 0 Å². The van der Waals surface area contributed by atoms with Gasteiger partial charge in [0.15, 0.2) is 5.01 Å². The van der Waals surface area contributed by atoms with Crippen LogP contribution in [0.3, 0.4) is 0 Å². The Morgan fingerprint density at radius 2 is 2.00 bits per heavy atom. The number of pyridine rings is 1. The average Bonchev–Trinajstić information content (AvgIpc) is 3.70. The van der Waals surface area contributed by atoms with Crippen LogP contribution < -0.4 is 14.8 Å². The van der Waals surface area contributed by atoms with Gasteiger partial charge >= 0.3 is 0 Å². The first kappa shape index (κ1) is 27.4. The van der Waals surface area contributed by atoms with E-state index in [9.17, 15) is 13.2 Å². The van der Waals surface area contributed by atoms with Gasteiger partial charge in [-0.05, 0) is 64.3 Å². The van der Waals surface area contributed by atoms with Crippen LogP contribution in [0.25, 0.3) is 10.6 Å². The van der Waals surface area contributed by atoms with Gasteiger partial charge in [0.1, 0.15) is 5.69 Å². The first-order chi connectivity index (χ1) is 18.9. The highest BCUT2D eigenvalue weighted by molar-refractivity contribution is 7.93. The van der Waals surface area contributed by atoms with Crippen molar-refractivity contribution in [2.24, 2.45) is 0 Å². The molecule has 13 heteroatoms. The molecule has 0 spiro atoms. The van der Waals surface area contributed by atoms with Crippen molar-refractivity contribution in [3.8, 4) is 16.5 Å². The summed E-state index contributed by atoms with van der Waals surface area (Å²) in [5, 5.41) is 3.05. The number of sulfonamides is 1. The van der Waals surface area contributed by atoms with Crippen LogP contribution in [0.2, 0.25) is 0 Å². The molecule has 1 atom stereocenters. The molecule has 1 unspecified atom stereocenters. The Bertz CT molecular complexity index is 1390. The van der Waals surface area contributed by atoms with Crippen LogP contribution in [0.1, 0.15) is 67.0 Å². The van der Waals surface area contributed by atoms with E-state index >= 15 is 0 Å². The number of nitrogens with zero attached hydrogens (tertiary/aromatic N) is 5. The highest BCUT2D eigenvalue weighted by atomic mass is 32.2. The molecule has 4 heterocycles. The molecule has 0 aromatic carbocycles. The number of hydrogen-bond donors (Lipinski definition) is 2.